The van der Waals surface area contributed by atoms with Crippen molar-refractivity contribution in [3.05, 3.63) is 75.4 Å². The van der Waals surface area contributed by atoms with Crippen molar-refractivity contribution in [3.8, 4) is 17.1 Å². The summed E-state index contributed by atoms with van der Waals surface area (Å²) in [6.07, 6.45) is 1.37. The van der Waals surface area contributed by atoms with Crippen LogP contribution in [0.3, 0.4) is 0 Å². The third-order valence-corrected chi connectivity index (χ3v) is 4.44. The molecular formula is C19H13Cl3N2O3. The molecule has 2 aromatic carbocycles. The van der Waals surface area contributed by atoms with Gasteiger partial charge in [0.25, 0.3) is 5.91 Å². The van der Waals surface area contributed by atoms with E-state index >= 15 is 0 Å². The number of carbonyl (C=O) groups is 1. The summed E-state index contributed by atoms with van der Waals surface area (Å²) in [5.74, 6) is 1.06. The average Bonchev–Trinajstić information content (AvgIpc) is 3.11. The summed E-state index contributed by atoms with van der Waals surface area (Å²) < 4.78 is 11.0. The van der Waals surface area contributed by atoms with Crippen LogP contribution in [0.5, 0.6) is 5.75 Å². The van der Waals surface area contributed by atoms with E-state index in [-0.39, 0.29) is 6.61 Å². The molecule has 0 radical (unpaired) electrons. The van der Waals surface area contributed by atoms with Gasteiger partial charge in [-0.25, -0.2) is 5.43 Å². The lowest BCUT2D eigenvalue weighted by atomic mass is 10.2. The molecule has 1 amide bonds. The predicted molar refractivity (Wildman–Crippen MR) is 107 cm³/mol. The Bertz CT molecular complexity index is 986. The number of benzene rings is 2. The van der Waals surface area contributed by atoms with E-state index in [2.05, 4.69) is 10.5 Å². The van der Waals surface area contributed by atoms with Crippen LogP contribution in [0.1, 0.15) is 5.76 Å². The molecule has 0 spiro atoms. The van der Waals surface area contributed by atoms with Gasteiger partial charge in [0.05, 0.1) is 16.3 Å². The van der Waals surface area contributed by atoms with Crippen molar-refractivity contribution >= 4 is 46.9 Å². The van der Waals surface area contributed by atoms with Crippen LogP contribution >= 0.6 is 34.8 Å². The molecule has 0 aliphatic carbocycles. The zero-order valence-corrected chi connectivity index (χ0v) is 16.1. The number of halogens is 3. The Balaban J connectivity index is 1.55. The number of nitrogens with one attached hydrogen (secondary N) is 1. The van der Waals surface area contributed by atoms with Gasteiger partial charge in [-0.2, -0.15) is 5.10 Å². The molecule has 0 saturated heterocycles. The second-order valence-corrected chi connectivity index (χ2v) is 6.56. The zero-order chi connectivity index (χ0) is 19.2. The van der Waals surface area contributed by atoms with Gasteiger partial charge < -0.3 is 9.15 Å². The van der Waals surface area contributed by atoms with Crippen LogP contribution < -0.4 is 10.2 Å². The predicted octanol–water partition coefficient (Wildman–Crippen LogP) is 5.44. The summed E-state index contributed by atoms with van der Waals surface area (Å²) in [6, 6.07) is 15.5. The highest BCUT2D eigenvalue weighted by Crippen LogP contribution is 2.34. The number of hydrogen-bond donors (Lipinski definition) is 1. The quantitative estimate of drug-likeness (QED) is 0.424. The number of rotatable bonds is 6. The maximum Gasteiger partial charge on any atom is 0.277 e. The molecule has 0 unspecified atom stereocenters. The molecule has 0 saturated carbocycles. The Morgan fingerprint density at radius 3 is 2.74 bits per heavy atom. The fraction of sp³-hybridized carbons (Fsp3) is 0.0526. The molecule has 0 aliphatic rings. The van der Waals surface area contributed by atoms with Crippen molar-refractivity contribution in [1.82, 2.24) is 5.43 Å². The first-order chi connectivity index (χ1) is 13.0. The largest absolute Gasteiger partial charge is 0.484 e. The molecule has 138 valence electrons. The number of hydrazone groups is 1. The molecule has 0 atom stereocenters. The molecule has 1 N–H and O–H groups in total. The normalized spacial score (nSPS) is 10.9. The number of hydrogen-bond acceptors (Lipinski definition) is 4. The van der Waals surface area contributed by atoms with E-state index in [4.69, 9.17) is 44.0 Å². The first-order valence-electron chi connectivity index (χ1n) is 7.77. The second kappa shape index (κ2) is 8.95. The van der Waals surface area contributed by atoms with E-state index in [9.17, 15) is 4.79 Å². The number of carbonyl (C=O) groups excluding carboxylic acids is 1. The Labute approximate surface area is 170 Å². The maximum absolute atomic E-state index is 11.8. The van der Waals surface area contributed by atoms with E-state index in [1.165, 1.54) is 6.21 Å². The fourth-order valence-electron chi connectivity index (χ4n) is 2.17. The highest BCUT2D eigenvalue weighted by atomic mass is 35.5. The summed E-state index contributed by atoms with van der Waals surface area (Å²) in [5, 5.41) is 5.21. The van der Waals surface area contributed by atoms with Gasteiger partial charge in [0.15, 0.2) is 6.61 Å². The monoisotopic (exact) mass is 422 g/mol. The third-order valence-electron chi connectivity index (χ3n) is 3.39. The summed E-state index contributed by atoms with van der Waals surface area (Å²) >= 11 is 18.0. The Hall–Kier alpha value is -2.47. The Morgan fingerprint density at radius 2 is 1.93 bits per heavy atom. The van der Waals surface area contributed by atoms with Crippen molar-refractivity contribution in [1.29, 1.82) is 0 Å². The lowest BCUT2D eigenvalue weighted by molar-refractivity contribution is -0.123. The van der Waals surface area contributed by atoms with Crippen molar-refractivity contribution in [2.75, 3.05) is 6.61 Å². The summed E-state index contributed by atoms with van der Waals surface area (Å²) in [6.45, 7) is -0.195. The van der Waals surface area contributed by atoms with Gasteiger partial charge in [-0.05, 0) is 42.5 Å². The van der Waals surface area contributed by atoms with Crippen molar-refractivity contribution < 1.29 is 13.9 Å². The number of furan rings is 1. The molecule has 0 fully saturated rings. The van der Waals surface area contributed by atoms with E-state index in [0.717, 1.165) is 0 Å². The summed E-state index contributed by atoms with van der Waals surface area (Å²) in [4.78, 5) is 11.8. The van der Waals surface area contributed by atoms with Crippen molar-refractivity contribution in [2.45, 2.75) is 0 Å². The van der Waals surface area contributed by atoms with E-state index in [0.29, 0.717) is 37.9 Å². The highest BCUT2D eigenvalue weighted by Gasteiger charge is 2.10. The van der Waals surface area contributed by atoms with Crippen LogP contribution in [0.4, 0.5) is 0 Å². The minimum absolute atomic E-state index is 0.195. The Kier molecular flexibility index (Phi) is 6.40. The van der Waals surface area contributed by atoms with E-state index in [1.54, 1.807) is 54.6 Å². The molecule has 0 bridgehead atoms. The van der Waals surface area contributed by atoms with Crippen LogP contribution in [0.15, 0.2) is 64.1 Å². The number of nitrogens with zero attached hydrogens (tertiary/aromatic N) is 1. The highest BCUT2D eigenvalue weighted by molar-refractivity contribution is 6.43. The van der Waals surface area contributed by atoms with Gasteiger partial charge in [0.2, 0.25) is 0 Å². The molecule has 0 aliphatic heterocycles. The van der Waals surface area contributed by atoms with E-state index in [1.807, 2.05) is 0 Å². The SMILES string of the molecule is O=C(COc1cccc(Cl)c1)N/N=C\c1ccc(-c2cccc(Cl)c2Cl)o1. The van der Waals surface area contributed by atoms with Gasteiger partial charge >= 0.3 is 0 Å². The van der Waals surface area contributed by atoms with Gasteiger partial charge in [0, 0.05) is 10.6 Å². The second-order valence-electron chi connectivity index (χ2n) is 5.34. The van der Waals surface area contributed by atoms with Gasteiger partial charge in [-0.1, -0.05) is 46.9 Å². The van der Waals surface area contributed by atoms with Crippen LogP contribution in [-0.4, -0.2) is 18.7 Å². The van der Waals surface area contributed by atoms with Gasteiger partial charge in [-0.3, -0.25) is 4.79 Å². The zero-order valence-electron chi connectivity index (χ0n) is 13.8. The lowest BCUT2D eigenvalue weighted by Crippen LogP contribution is -2.24. The van der Waals surface area contributed by atoms with E-state index < -0.39 is 5.91 Å². The molecule has 8 heteroatoms. The maximum atomic E-state index is 11.8. The van der Waals surface area contributed by atoms with Crippen molar-refractivity contribution in [3.63, 3.8) is 0 Å². The molecule has 1 aromatic heterocycles. The molecule has 1 heterocycles. The molecular weight excluding hydrogens is 411 g/mol. The first-order valence-corrected chi connectivity index (χ1v) is 8.91. The van der Waals surface area contributed by atoms with Crippen LogP contribution in [0.25, 0.3) is 11.3 Å². The van der Waals surface area contributed by atoms with Crippen molar-refractivity contribution in [2.24, 2.45) is 5.10 Å². The van der Waals surface area contributed by atoms with Crippen LogP contribution in [0.2, 0.25) is 15.1 Å². The third kappa shape index (κ3) is 5.26. The Morgan fingerprint density at radius 1 is 1.11 bits per heavy atom. The molecule has 3 aromatic rings. The summed E-state index contributed by atoms with van der Waals surface area (Å²) in [5.41, 5.74) is 3.02. The molecule has 3 rings (SSSR count). The molecule has 5 nitrogen and oxygen atoms in total. The topological polar surface area (TPSA) is 63.8 Å². The number of ether oxygens (including phenoxy) is 1. The van der Waals surface area contributed by atoms with Crippen LogP contribution in [0, 0.1) is 0 Å². The smallest absolute Gasteiger partial charge is 0.277 e. The lowest BCUT2D eigenvalue weighted by Gasteiger charge is -2.04. The minimum Gasteiger partial charge on any atom is -0.484 e. The van der Waals surface area contributed by atoms with Gasteiger partial charge in [0.1, 0.15) is 17.3 Å². The standard InChI is InChI=1S/C19H13Cl3N2O3/c20-12-3-1-4-13(9-12)26-11-18(25)24-23-10-14-7-8-17(27-14)15-5-2-6-16(21)19(15)22/h1-10H,11H2,(H,24,25)/b23-10-. The minimum atomic E-state index is -0.420. The first kappa shape index (κ1) is 19.3. The molecule has 27 heavy (non-hydrogen) atoms. The average molecular weight is 424 g/mol. The van der Waals surface area contributed by atoms with Gasteiger partial charge in [-0.15, -0.1) is 0 Å². The van der Waals surface area contributed by atoms with Crippen LogP contribution in [-0.2, 0) is 4.79 Å². The number of amides is 1. The fourth-order valence-corrected chi connectivity index (χ4v) is 2.74. The summed E-state index contributed by atoms with van der Waals surface area (Å²) in [7, 11) is 0.